The highest BCUT2D eigenvalue weighted by molar-refractivity contribution is 8.00. The number of hydrogen-bond donors (Lipinski definition) is 1. The van der Waals surface area contributed by atoms with E-state index in [0.29, 0.717) is 5.37 Å². The van der Waals surface area contributed by atoms with Crippen molar-refractivity contribution < 1.29 is 0 Å². The summed E-state index contributed by atoms with van der Waals surface area (Å²) >= 11 is 3.62. The smallest absolute Gasteiger partial charge is 0.0974 e. The molecule has 1 aliphatic heterocycles. The summed E-state index contributed by atoms with van der Waals surface area (Å²) in [6.45, 7) is 3.34. The lowest BCUT2D eigenvalue weighted by Crippen LogP contribution is -2.13. The number of rotatable bonds is 1. The molecule has 11 heavy (non-hydrogen) atoms. The van der Waals surface area contributed by atoms with Gasteiger partial charge in [-0.25, -0.2) is 4.98 Å². The van der Waals surface area contributed by atoms with Crippen molar-refractivity contribution in [1.82, 2.24) is 10.3 Å². The van der Waals surface area contributed by atoms with E-state index in [0.717, 1.165) is 11.8 Å². The average Bonchev–Trinajstić information content (AvgIpc) is 2.55. The van der Waals surface area contributed by atoms with Crippen molar-refractivity contribution in [2.24, 2.45) is 0 Å². The number of nitrogens with one attached hydrogen (secondary N) is 1. The highest BCUT2D eigenvalue weighted by atomic mass is 32.2. The third-order valence-electron chi connectivity index (χ3n) is 1.68. The summed E-state index contributed by atoms with van der Waals surface area (Å²) in [5, 5.41) is 6.69. The van der Waals surface area contributed by atoms with E-state index in [1.54, 1.807) is 11.3 Å². The first-order chi connectivity index (χ1) is 5.36. The maximum absolute atomic E-state index is 4.27. The van der Waals surface area contributed by atoms with Crippen molar-refractivity contribution in [2.75, 3.05) is 6.54 Å². The first-order valence-electron chi connectivity index (χ1n) is 3.63. The Morgan fingerprint density at radius 2 is 2.64 bits per heavy atom. The Morgan fingerprint density at radius 1 is 1.73 bits per heavy atom. The Bertz CT molecular complexity index is 222. The zero-order valence-corrected chi connectivity index (χ0v) is 7.91. The lowest BCUT2D eigenvalue weighted by atomic mass is 10.4. The maximum atomic E-state index is 4.27. The minimum atomic E-state index is 0.441. The molecule has 0 amide bonds. The minimum Gasteiger partial charge on any atom is -0.299 e. The van der Waals surface area contributed by atoms with Crippen LogP contribution in [0.25, 0.3) is 0 Å². The molecule has 0 spiro atoms. The second kappa shape index (κ2) is 3.13. The standard InChI is InChI=1S/C7H10N2S2/c1-5-2-8-7(11-5)6-3-10-4-9-6/h3-5,7-8H,2H2,1H3. The van der Waals surface area contributed by atoms with Crippen LogP contribution >= 0.6 is 23.1 Å². The van der Waals surface area contributed by atoms with Crippen LogP contribution in [0.4, 0.5) is 0 Å². The van der Waals surface area contributed by atoms with E-state index in [1.807, 2.05) is 17.3 Å². The largest absolute Gasteiger partial charge is 0.299 e. The van der Waals surface area contributed by atoms with Crippen molar-refractivity contribution in [1.29, 1.82) is 0 Å². The molecule has 0 aromatic carbocycles. The van der Waals surface area contributed by atoms with Crippen molar-refractivity contribution >= 4 is 23.1 Å². The number of thiazole rings is 1. The van der Waals surface area contributed by atoms with E-state index < -0.39 is 0 Å². The van der Waals surface area contributed by atoms with Gasteiger partial charge < -0.3 is 0 Å². The van der Waals surface area contributed by atoms with Gasteiger partial charge in [0.25, 0.3) is 0 Å². The Morgan fingerprint density at radius 3 is 3.18 bits per heavy atom. The summed E-state index contributed by atoms with van der Waals surface area (Å²) in [5.74, 6) is 0. The van der Waals surface area contributed by atoms with Gasteiger partial charge in [-0.1, -0.05) is 6.92 Å². The summed E-state index contributed by atoms with van der Waals surface area (Å²) in [7, 11) is 0. The van der Waals surface area contributed by atoms with Crippen LogP contribution in [0.15, 0.2) is 10.9 Å². The SMILES string of the molecule is CC1CNC(c2cscn2)S1. The van der Waals surface area contributed by atoms with E-state index >= 15 is 0 Å². The molecule has 1 saturated heterocycles. The van der Waals surface area contributed by atoms with Gasteiger partial charge in [0, 0.05) is 17.2 Å². The van der Waals surface area contributed by atoms with Crippen molar-refractivity contribution in [3.8, 4) is 0 Å². The number of hydrogen-bond acceptors (Lipinski definition) is 4. The van der Waals surface area contributed by atoms with Gasteiger partial charge in [-0.2, -0.15) is 0 Å². The fourth-order valence-electron chi connectivity index (χ4n) is 1.13. The first-order valence-corrected chi connectivity index (χ1v) is 5.52. The third kappa shape index (κ3) is 1.58. The molecular weight excluding hydrogens is 176 g/mol. The van der Waals surface area contributed by atoms with Crippen molar-refractivity contribution in [3.63, 3.8) is 0 Å². The molecule has 2 rings (SSSR count). The quantitative estimate of drug-likeness (QED) is 0.724. The molecule has 60 valence electrons. The fourth-order valence-corrected chi connectivity index (χ4v) is 2.91. The summed E-state index contributed by atoms with van der Waals surface area (Å²) < 4.78 is 0. The normalized spacial score (nSPS) is 31.0. The maximum Gasteiger partial charge on any atom is 0.0974 e. The van der Waals surface area contributed by atoms with Gasteiger partial charge in [-0.3, -0.25) is 5.32 Å². The van der Waals surface area contributed by atoms with E-state index in [2.05, 4.69) is 22.6 Å². The molecule has 0 aliphatic carbocycles. The predicted octanol–water partition coefficient (Wildman–Crippen LogP) is 1.87. The van der Waals surface area contributed by atoms with Crippen LogP contribution in [0.1, 0.15) is 18.0 Å². The Labute approximate surface area is 74.4 Å². The molecule has 2 heterocycles. The first kappa shape index (κ1) is 7.58. The Kier molecular flexibility index (Phi) is 2.16. The predicted molar refractivity (Wildman–Crippen MR) is 49.9 cm³/mol. The van der Waals surface area contributed by atoms with E-state index in [1.165, 1.54) is 5.69 Å². The van der Waals surface area contributed by atoms with Gasteiger partial charge in [0.05, 0.1) is 16.6 Å². The van der Waals surface area contributed by atoms with Crippen LogP contribution in [0.2, 0.25) is 0 Å². The van der Waals surface area contributed by atoms with Crippen molar-refractivity contribution in [2.45, 2.75) is 17.5 Å². The topological polar surface area (TPSA) is 24.9 Å². The van der Waals surface area contributed by atoms with Gasteiger partial charge in [-0.05, 0) is 0 Å². The van der Waals surface area contributed by atoms with Crippen LogP contribution in [0.3, 0.4) is 0 Å². The van der Waals surface area contributed by atoms with Crippen LogP contribution < -0.4 is 5.32 Å². The third-order valence-corrected chi connectivity index (χ3v) is 3.60. The van der Waals surface area contributed by atoms with Crippen LogP contribution in [-0.4, -0.2) is 16.8 Å². The van der Waals surface area contributed by atoms with E-state index in [-0.39, 0.29) is 0 Å². The van der Waals surface area contributed by atoms with Crippen molar-refractivity contribution in [3.05, 3.63) is 16.6 Å². The highest BCUT2D eigenvalue weighted by Crippen LogP contribution is 2.33. The van der Waals surface area contributed by atoms with Crippen LogP contribution in [0, 0.1) is 0 Å². The molecule has 0 bridgehead atoms. The molecule has 0 radical (unpaired) electrons. The van der Waals surface area contributed by atoms with E-state index in [9.17, 15) is 0 Å². The second-order valence-electron chi connectivity index (χ2n) is 2.65. The Hall–Kier alpha value is -0.0600. The molecule has 2 atom stereocenters. The van der Waals surface area contributed by atoms with E-state index in [4.69, 9.17) is 0 Å². The van der Waals surface area contributed by atoms with Gasteiger partial charge in [-0.15, -0.1) is 23.1 Å². The Balaban J connectivity index is 2.08. The molecule has 1 aromatic heterocycles. The van der Waals surface area contributed by atoms with Gasteiger partial charge >= 0.3 is 0 Å². The monoisotopic (exact) mass is 186 g/mol. The zero-order chi connectivity index (χ0) is 7.68. The van der Waals surface area contributed by atoms with Gasteiger partial charge in [0.1, 0.15) is 0 Å². The number of nitrogens with zero attached hydrogens (tertiary/aromatic N) is 1. The summed E-state index contributed by atoms with van der Waals surface area (Å²) in [6.07, 6.45) is 0. The molecule has 2 unspecified atom stereocenters. The molecule has 4 heteroatoms. The fraction of sp³-hybridized carbons (Fsp3) is 0.571. The second-order valence-corrected chi connectivity index (χ2v) is 4.92. The summed E-state index contributed by atoms with van der Waals surface area (Å²) in [5.41, 5.74) is 3.07. The lowest BCUT2D eigenvalue weighted by molar-refractivity contribution is 0.707. The van der Waals surface area contributed by atoms with Crippen LogP contribution in [0.5, 0.6) is 0 Å². The minimum absolute atomic E-state index is 0.441. The average molecular weight is 186 g/mol. The highest BCUT2D eigenvalue weighted by Gasteiger charge is 2.23. The molecule has 1 aromatic rings. The number of thioether (sulfide) groups is 1. The zero-order valence-electron chi connectivity index (χ0n) is 6.28. The molecule has 1 fully saturated rings. The molecule has 1 N–H and O–H groups in total. The number of aromatic nitrogens is 1. The van der Waals surface area contributed by atoms with Gasteiger partial charge in [0.2, 0.25) is 0 Å². The molecular formula is C7H10N2S2. The summed E-state index contributed by atoms with van der Waals surface area (Å²) in [4.78, 5) is 4.27. The lowest BCUT2D eigenvalue weighted by Gasteiger charge is -2.04. The van der Waals surface area contributed by atoms with Gasteiger partial charge in [0.15, 0.2) is 0 Å². The van der Waals surface area contributed by atoms with Crippen LogP contribution in [-0.2, 0) is 0 Å². The molecule has 0 saturated carbocycles. The molecule has 2 nitrogen and oxygen atoms in total. The molecule has 1 aliphatic rings. The summed E-state index contributed by atoms with van der Waals surface area (Å²) in [6, 6.07) is 0.